The predicted molar refractivity (Wildman–Crippen MR) is 115 cm³/mol. The molecule has 1 saturated heterocycles. The highest BCUT2D eigenvalue weighted by atomic mass is 127. The lowest BCUT2D eigenvalue weighted by Crippen LogP contribution is -2.46. The summed E-state index contributed by atoms with van der Waals surface area (Å²) in [5.41, 5.74) is -0.958. The first-order valence-electron chi connectivity index (χ1n) is 9.15. The number of anilines is 1. The standard InChI is InChI=1S/C17H28F3N7.HI/c1-4-27-11-5-6-13(27)12-26(3)16(21-2)24-10-9-23-15-22-8-7-14(25-15)17(18,19)20;/h7-8,13H,4-6,9-12H2,1-3H3,(H,21,24)(H,22,23,25);1H. The summed E-state index contributed by atoms with van der Waals surface area (Å²) in [6.45, 7) is 6.11. The highest BCUT2D eigenvalue weighted by Gasteiger charge is 2.32. The molecule has 0 spiro atoms. The van der Waals surface area contributed by atoms with Crippen molar-refractivity contribution in [2.45, 2.75) is 32.0 Å². The van der Waals surface area contributed by atoms with Crippen LogP contribution in [0, 0.1) is 0 Å². The maximum absolute atomic E-state index is 12.7. The SMILES string of the molecule is CCN1CCCC1CN(C)C(=NC)NCCNc1nccc(C(F)(F)F)n1.I. The van der Waals surface area contributed by atoms with E-state index in [0.29, 0.717) is 19.1 Å². The Hall–Kier alpha value is -1.37. The van der Waals surface area contributed by atoms with Crippen molar-refractivity contribution in [1.29, 1.82) is 0 Å². The molecule has 11 heteroatoms. The van der Waals surface area contributed by atoms with Gasteiger partial charge < -0.3 is 15.5 Å². The van der Waals surface area contributed by atoms with Gasteiger partial charge >= 0.3 is 6.18 Å². The van der Waals surface area contributed by atoms with Gasteiger partial charge in [0.15, 0.2) is 5.96 Å². The van der Waals surface area contributed by atoms with Gasteiger partial charge in [0, 0.05) is 46.0 Å². The van der Waals surface area contributed by atoms with Crippen molar-refractivity contribution >= 4 is 35.9 Å². The van der Waals surface area contributed by atoms with Gasteiger partial charge in [-0.05, 0) is 32.0 Å². The van der Waals surface area contributed by atoms with Crippen molar-refractivity contribution in [3.8, 4) is 0 Å². The average molecular weight is 515 g/mol. The van der Waals surface area contributed by atoms with Gasteiger partial charge in [-0.25, -0.2) is 9.97 Å². The molecule has 0 bridgehead atoms. The number of halogens is 4. The number of nitrogens with zero attached hydrogens (tertiary/aromatic N) is 5. The number of alkyl halides is 3. The quantitative estimate of drug-likeness (QED) is 0.252. The largest absolute Gasteiger partial charge is 0.433 e. The van der Waals surface area contributed by atoms with Crippen LogP contribution in [0.25, 0.3) is 0 Å². The Morgan fingerprint density at radius 3 is 2.79 bits per heavy atom. The summed E-state index contributed by atoms with van der Waals surface area (Å²) in [5, 5.41) is 6.01. The van der Waals surface area contributed by atoms with Gasteiger partial charge in [-0.2, -0.15) is 13.2 Å². The molecule has 160 valence electrons. The molecule has 0 aromatic carbocycles. The maximum Gasteiger partial charge on any atom is 0.433 e. The molecule has 0 aliphatic carbocycles. The van der Waals surface area contributed by atoms with E-state index < -0.39 is 11.9 Å². The summed E-state index contributed by atoms with van der Waals surface area (Å²) in [6, 6.07) is 1.37. The van der Waals surface area contributed by atoms with Gasteiger partial charge in [0.2, 0.25) is 5.95 Å². The second kappa shape index (κ2) is 11.6. The topological polar surface area (TPSA) is 68.7 Å². The Balaban J connectivity index is 0.00000392. The second-order valence-electron chi connectivity index (χ2n) is 6.47. The van der Waals surface area contributed by atoms with E-state index in [4.69, 9.17) is 0 Å². The maximum atomic E-state index is 12.7. The first kappa shape index (κ1) is 24.7. The number of guanidine groups is 1. The Bertz CT molecular complexity index is 627. The van der Waals surface area contributed by atoms with Crippen LogP contribution in [0.5, 0.6) is 0 Å². The molecule has 28 heavy (non-hydrogen) atoms. The fourth-order valence-corrected chi connectivity index (χ4v) is 3.26. The minimum Gasteiger partial charge on any atom is -0.354 e. The average Bonchev–Trinajstić information content (AvgIpc) is 3.08. The van der Waals surface area contributed by atoms with Crippen LogP contribution >= 0.6 is 24.0 Å². The number of nitrogens with one attached hydrogen (secondary N) is 2. The van der Waals surface area contributed by atoms with Gasteiger partial charge in [-0.3, -0.25) is 9.89 Å². The van der Waals surface area contributed by atoms with E-state index in [1.54, 1.807) is 7.05 Å². The lowest BCUT2D eigenvalue weighted by molar-refractivity contribution is -0.141. The highest BCUT2D eigenvalue weighted by molar-refractivity contribution is 14.0. The summed E-state index contributed by atoms with van der Waals surface area (Å²) in [5.74, 6) is 0.712. The van der Waals surface area contributed by atoms with Crippen LogP contribution in [0.4, 0.5) is 19.1 Å². The third-order valence-corrected chi connectivity index (χ3v) is 4.60. The summed E-state index contributed by atoms with van der Waals surface area (Å²) >= 11 is 0. The summed E-state index contributed by atoms with van der Waals surface area (Å²) in [4.78, 5) is 16.1. The highest BCUT2D eigenvalue weighted by Crippen LogP contribution is 2.27. The van der Waals surface area contributed by atoms with E-state index in [9.17, 15) is 13.2 Å². The monoisotopic (exact) mass is 515 g/mol. The van der Waals surface area contributed by atoms with Gasteiger partial charge in [-0.1, -0.05) is 6.92 Å². The minimum atomic E-state index is -4.48. The van der Waals surface area contributed by atoms with E-state index in [-0.39, 0.29) is 29.9 Å². The fourth-order valence-electron chi connectivity index (χ4n) is 3.26. The molecular weight excluding hydrogens is 486 g/mol. The van der Waals surface area contributed by atoms with Crippen molar-refractivity contribution < 1.29 is 13.2 Å². The van der Waals surface area contributed by atoms with E-state index in [0.717, 1.165) is 37.9 Å². The predicted octanol–water partition coefficient (Wildman–Crippen LogP) is 2.52. The Morgan fingerprint density at radius 2 is 2.14 bits per heavy atom. The van der Waals surface area contributed by atoms with Crippen molar-refractivity contribution in [3.05, 3.63) is 18.0 Å². The molecule has 1 aliphatic heterocycles. The van der Waals surface area contributed by atoms with Crippen molar-refractivity contribution in [2.75, 3.05) is 52.1 Å². The molecule has 2 rings (SSSR count). The van der Waals surface area contributed by atoms with Gasteiger partial charge in [0.25, 0.3) is 0 Å². The second-order valence-corrected chi connectivity index (χ2v) is 6.47. The summed E-state index contributed by atoms with van der Waals surface area (Å²) < 4.78 is 38.0. The Labute approximate surface area is 181 Å². The first-order chi connectivity index (χ1) is 12.8. The number of hydrogen-bond acceptors (Lipinski definition) is 5. The zero-order valence-corrected chi connectivity index (χ0v) is 18.8. The zero-order chi connectivity index (χ0) is 19.9. The normalized spacial score (nSPS) is 17.9. The fraction of sp³-hybridized carbons (Fsp3) is 0.706. The van der Waals surface area contributed by atoms with Crippen molar-refractivity contribution in [1.82, 2.24) is 25.1 Å². The minimum absolute atomic E-state index is 0. The third-order valence-electron chi connectivity index (χ3n) is 4.60. The molecule has 1 aromatic heterocycles. The molecule has 0 amide bonds. The molecule has 1 aromatic rings. The van der Waals surface area contributed by atoms with E-state index in [1.165, 1.54) is 12.8 Å². The molecule has 1 fully saturated rings. The van der Waals surface area contributed by atoms with E-state index in [1.807, 2.05) is 7.05 Å². The third kappa shape index (κ3) is 7.22. The Morgan fingerprint density at radius 1 is 1.39 bits per heavy atom. The molecule has 2 heterocycles. The van der Waals surface area contributed by atoms with Crippen LogP contribution in [0.2, 0.25) is 0 Å². The molecule has 0 saturated carbocycles. The molecular formula is C17H29F3IN7. The summed E-state index contributed by atoms with van der Waals surface area (Å²) in [7, 11) is 3.71. The van der Waals surface area contributed by atoms with Gasteiger partial charge in [0.05, 0.1) is 0 Å². The van der Waals surface area contributed by atoms with Crippen molar-refractivity contribution in [3.63, 3.8) is 0 Å². The number of aromatic nitrogens is 2. The van der Waals surface area contributed by atoms with Crippen LogP contribution in [0.3, 0.4) is 0 Å². The van der Waals surface area contributed by atoms with Crippen LogP contribution in [0.1, 0.15) is 25.5 Å². The molecule has 1 unspecified atom stereocenters. The van der Waals surface area contributed by atoms with Crippen LogP contribution in [0.15, 0.2) is 17.3 Å². The molecule has 0 radical (unpaired) electrons. The molecule has 1 atom stereocenters. The van der Waals surface area contributed by atoms with Crippen molar-refractivity contribution in [2.24, 2.45) is 4.99 Å². The Kier molecular flexibility index (Phi) is 10.2. The number of likely N-dealkylation sites (N-methyl/N-ethyl adjacent to an activating group) is 2. The lowest BCUT2D eigenvalue weighted by Gasteiger charge is -2.29. The number of likely N-dealkylation sites (tertiary alicyclic amines) is 1. The zero-order valence-electron chi connectivity index (χ0n) is 16.5. The van der Waals surface area contributed by atoms with E-state index in [2.05, 4.69) is 42.3 Å². The first-order valence-corrected chi connectivity index (χ1v) is 9.15. The molecule has 2 N–H and O–H groups in total. The van der Waals surface area contributed by atoms with Crippen LogP contribution < -0.4 is 10.6 Å². The summed E-state index contributed by atoms with van der Waals surface area (Å²) in [6.07, 6.45) is -0.975. The van der Waals surface area contributed by atoms with Crippen LogP contribution in [-0.2, 0) is 6.18 Å². The van der Waals surface area contributed by atoms with Gasteiger partial charge in [-0.15, -0.1) is 24.0 Å². The van der Waals surface area contributed by atoms with Crippen LogP contribution in [-0.4, -0.2) is 78.6 Å². The smallest absolute Gasteiger partial charge is 0.354 e. The number of aliphatic imine (C=N–C) groups is 1. The lowest BCUT2D eigenvalue weighted by atomic mass is 10.2. The molecule has 7 nitrogen and oxygen atoms in total. The van der Waals surface area contributed by atoms with Gasteiger partial charge in [0.1, 0.15) is 5.69 Å². The van der Waals surface area contributed by atoms with E-state index >= 15 is 0 Å². The number of rotatable bonds is 7. The molecule has 1 aliphatic rings. The number of hydrogen-bond donors (Lipinski definition) is 2.